The molecule has 4 N–H and O–H groups in total. The molecule has 1 heterocycles. The lowest BCUT2D eigenvalue weighted by atomic mass is 9.85. The molecule has 2 saturated carbocycles. The van der Waals surface area contributed by atoms with Crippen LogP contribution >= 0.6 is 0 Å². The number of sulfonamides is 1. The van der Waals surface area contributed by atoms with E-state index in [1.807, 2.05) is 32.0 Å². The summed E-state index contributed by atoms with van der Waals surface area (Å²) in [5.74, 6) is -1.77. The maximum atomic E-state index is 14.1. The third-order valence-electron chi connectivity index (χ3n) is 8.91. The average Bonchev–Trinajstić information content (AvgIpc) is 3.78. The van der Waals surface area contributed by atoms with Crippen LogP contribution in [-0.2, 0) is 14.8 Å². The number of hydrogen-bond acceptors (Lipinski definition) is 9. The van der Waals surface area contributed by atoms with Crippen molar-refractivity contribution in [1.29, 1.82) is 0 Å². The number of benzene rings is 2. The Morgan fingerprint density at radius 1 is 1.00 bits per heavy atom. The molecule has 0 unspecified atom stereocenters. The highest BCUT2D eigenvalue weighted by molar-refractivity contribution is 7.92. The van der Waals surface area contributed by atoms with Gasteiger partial charge in [0.1, 0.15) is 12.2 Å². The predicted molar refractivity (Wildman–Crippen MR) is 182 cm³/mol. The molecule has 2 aliphatic rings. The Kier molecular flexibility index (Phi) is 10.6. The molecule has 3 aromatic rings. The van der Waals surface area contributed by atoms with Crippen molar-refractivity contribution in [3.63, 3.8) is 0 Å². The second kappa shape index (κ2) is 14.3. The third-order valence-corrected chi connectivity index (χ3v) is 10.2. The molecule has 1 amide bonds. The number of carbonyl (C=O) groups is 2. The summed E-state index contributed by atoms with van der Waals surface area (Å²) in [5, 5.41) is 15.4. The lowest BCUT2D eigenvalue weighted by Gasteiger charge is -2.39. The van der Waals surface area contributed by atoms with Crippen molar-refractivity contribution < 1.29 is 45.8 Å². The zero-order valence-corrected chi connectivity index (χ0v) is 29.7. The van der Waals surface area contributed by atoms with E-state index in [1.54, 1.807) is 20.8 Å². The largest absolute Gasteiger partial charge is 0.478 e. The normalized spacial score (nSPS) is 19.0. The number of aryl methyl sites for hydroxylation is 2. The van der Waals surface area contributed by atoms with Crippen LogP contribution in [0.25, 0.3) is 11.3 Å². The minimum atomic E-state index is -4.40. The van der Waals surface area contributed by atoms with Gasteiger partial charge in [0.2, 0.25) is 11.8 Å². The molecular weight excluding hydrogens is 691 g/mol. The number of alkyl carbamates (subject to hydrolysis) is 1. The monoisotopic (exact) mass is 733 g/mol. The predicted octanol–water partition coefficient (Wildman–Crippen LogP) is 6.38. The smallest absolute Gasteiger partial charge is 0.407 e. The van der Waals surface area contributed by atoms with E-state index in [1.165, 1.54) is 24.3 Å². The van der Waals surface area contributed by atoms with Gasteiger partial charge >= 0.3 is 18.2 Å². The van der Waals surface area contributed by atoms with Gasteiger partial charge in [-0.25, -0.2) is 27.7 Å². The van der Waals surface area contributed by atoms with Crippen molar-refractivity contribution in [2.45, 2.75) is 102 Å². The molecule has 0 radical (unpaired) electrons. The molecule has 12 nitrogen and oxygen atoms in total. The van der Waals surface area contributed by atoms with Crippen LogP contribution in [0.15, 0.2) is 53.4 Å². The van der Waals surface area contributed by atoms with Crippen molar-refractivity contribution in [3.8, 4) is 17.1 Å². The topological polar surface area (TPSA) is 169 Å². The van der Waals surface area contributed by atoms with Crippen LogP contribution in [0.3, 0.4) is 0 Å². The molecule has 2 aliphatic carbocycles. The van der Waals surface area contributed by atoms with Gasteiger partial charge in [-0.15, -0.1) is 0 Å². The number of aromatic nitrogens is 2. The van der Waals surface area contributed by atoms with Crippen molar-refractivity contribution in [3.05, 3.63) is 65.2 Å². The van der Waals surface area contributed by atoms with Gasteiger partial charge in [-0.2, -0.15) is 18.2 Å². The molecule has 0 aliphatic heterocycles. The number of carboxylic acids is 1. The molecule has 276 valence electrons. The Bertz CT molecular complexity index is 1870. The minimum Gasteiger partial charge on any atom is -0.478 e. The van der Waals surface area contributed by atoms with Gasteiger partial charge in [0, 0.05) is 29.8 Å². The van der Waals surface area contributed by atoms with Crippen LogP contribution in [0.1, 0.15) is 74.4 Å². The van der Waals surface area contributed by atoms with E-state index in [0.29, 0.717) is 24.1 Å². The molecule has 2 aromatic carbocycles. The fraction of sp³-hybridized carbons (Fsp3) is 0.486. The molecule has 5 rings (SSSR count). The Morgan fingerprint density at radius 2 is 1.65 bits per heavy atom. The number of rotatable bonds is 13. The number of anilines is 1. The molecule has 51 heavy (non-hydrogen) atoms. The summed E-state index contributed by atoms with van der Waals surface area (Å²) < 4.78 is 82.6. The summed E-state index contributed by atoms with van der Waals surface area (Å²) in [6.45, 7) is 8.71. The number of amides is 1. The van der Waals surface area contributed by atoms with Crippen molar-refractivity contribution >= 4 is 28.0 Å². The van der Waals surface area contributed by atoms with Gasteiger partial charge < -0.3 is 25.2 Å². The summed E-state index contributed by atoms with van der Waals surface area (Å²) >= 11 is 0. The highest BCUT2D eigenvalue weighted by Crippen LogP contribution is 2.60. The number of carbonyl (C=O) groups excluding carboxylic acids is 1. The van der Waals surface area contributed by atoms with Crippen LogP contribution in [-0.4, -0.2) is 72.1 Å². The molecule has 16 heteroatoms. The van der Waals surface area contributed by atoms with Gasteiger partial charge in [-0.1, -0.05) is 24.3 Å². The van der Waals surface area contributed by atoms with Gasteiger partial charge in [0.05, 0.1) is 21.6 Å². The molecule has 0 saturated heterocycles. The number of nitrogens with one attached hydrogen (secondary N) is 3. The number of alkyl halides is 3. The van der Waals surface area contributed by atoms with E-state index in [9.17, 15) is 36.3 Å². The lowest BCUT2D eigenvalue weighted by Crippen LogP contribution is -2.56. The lowest BCUT2D eigenvalue weighted by molar-refractivity contribution is -0.191. The first-order valence-corrected chi connectivity index (χ1v) is 18.0. The fourth-order valence-corrected chi connectivity index (χ4v) is 7.11. The van der Waals surface area contributed by atoms with Crippen LogP contribution in [0, 0.1) is 19.3 Å². The molecule has 1 aromatic heterocycles. The van der Waals surface area contributed by atoms with Crippen LogP contribution in [0.4, 0.5) is 23.9 Å². The summed E-state index contributed by atoms with van der Waals surface area (Å²) in [4.78, 5) is 32.0. The van der Waals surface area contributed by atoms with Crippen LogP contribution < -0.4 is 20.1 Å². The Hall–Kier alpha value is -4.44. The Labute approximate surface area is 294 Å². The molecule has 0 spiro atoms. The minimum absolute atomic E-state index is 0.00138. The number of carboxylic acid groups (broad SMARTS) is 1. The summed E-state index contributed by atoms with van der Waals surface area (Å²) in [5.41, 5.74) is -0.123. The number of nitrogens with zero attached hydrogens (tertiary/aromatic N) is 2. The number of hydrogen-bond donors (Lipinski definition) is 4. The number of halogens is 3. The maximum absolute atomic E-state index is 14.1. The van der Waals surface area contributed by atoms with Crippen molar-refractivity contribution in [2.75, 3.05) is 11.3 Å². The first kappa shape index (κ1) is 37.8. The van der Waals surface area contributed by atoms with E-state index in [2.05, 4.69) is 25.3 Å². The van der Waals surface area contributed by atoms with E-state index in [4.69, 9.17) is 9.47 Å². The fourth-order valence-electron chi connectivity index (χ4n) is 6.12. The van der Waals surface area contributed by atoms with E-state index in [0.717, 1.165) is 17.2 Å². The van der Waals surface area contributed by atoms with E-state index >= 15 is 0 Å². The van der Waals surface area contributed by atoms with Crippen molar-refractivity contribution in [1.82, 2.24) is 20.6 Å². The zero-order valence-electron chi connectivity index (χ0n) is 28.9. The Morgan fingerprint density at radius 3 is 2.24 bits per heavy atom. The van der Waals surface area contributed by atoms with Gasteiger partial charge in [-0.3, -0.25) is 0 Å². The van der Waals surface area contributed by atoms with E-state index in [-0.39, 0.29) is 60.2 Å². The average molecular weight is 734 g/mol. The highest BCUT2D eigenvalue weighted by atomic mass is 32.2. The zero-order chi connectivity index (χ0) is 37.4. The third kappa shape index (κ3) is 9.47. The standard InChI is InChI=1S/C35H42F3N5O7S/c1-20-8-6-9-21(2)29(20)27-17-28(42-31(41-27)43-51(47,48)26-11-7-10-22(14-26)30(44)45)49-19-25(18-34(12-13-34)35(36,37)38)39-23-15-24(16-23)40-32(46)50-33(3,4)5/h6-11,14,17,23-25,39H,12-13,15-16,18-19H2,1-5H3,(H,40,46)(H,44,45)(H,41,42,43)/t23?,24?,25-/m1/s1. The SMILES string of the molecule is Cc1cccc(C)c1-c1cc(OC[C@@H](CC2(C(F)(F)F)CC2)NC2CC(NC(=O)OC(C)(C)C)C2)nc(NS(=O)(=O)c2cccc(C(=O)O)c2)n1. The molecular formula is C35H42F3N5O7S. The maximum Gasteiger partial charge on any atom is 0.407 e. The van der Waals surface area contributed by atoms with Gasteiger partial charge in [0.25, 0.3) is 10.0 Å². The second-order valence-corrected chi connectivity index (χ2v) is 16.0. The van der Waals surface area contributed by atoms with Crippen LogP contribution in [0.5, 0.6) is 5.88 Å². The molecule has 2 fully saturated rings. The van der Waals surface area contributed by atoms with Gasteiger partial charge in [-0.05, 0) is 96.0 Å². The quantitative estimate of drug-likeness (QED) is 0.155. The molecule has 0 bridgehead atoms. The first-order valence-electron chi connectivity index (χ1n) is 16.5. The van der Waals surface area contributed by atoms with E-state index < -0.39 is 45.3 Å². The summed E-state index contributed by atoms with van der Waals surface area (Å²) in [6.07, 6.45) is -4.25. The second-order valence-electron chi connectivity index (χ2n) is 14.3. The number of aromatic carboxylic acids is 1. The van der Waals surface area contributed by atoms with Gasteiger partial charge in [0.15, 0.2) is 0 Å². The Balaban J connectivity index is 1.39. The molecule has 1 atom stereocenters. The summed E-state index contributed by atoms with van der Waals surface area (Å²) in [6, 6.07) is 10.6. The highest BCUT2D eigenvalue weighted by Gasteiger charge is 2.63. The first-order chi connectivity index (χ1) is 23.7. The summed E-state index contributed by atoms with van der Waals surface area (Å²) in [7, 11) is -4.37. The van der Waals surface area contributed by atoms with Crippen molar-refractivity contribution in [2.24, 2.45) is 5.41 Å². The number of ether oxygens (including phenoxy) is 2. The van der Waals surface area contributed by atoms with Crippen LogP contribution in [0.2, 0.25) is 0 Å².